The second kappa shape index (κ2) is 23.1. The lowest BCUT2D eigenvalue weighted by Crippen LogP contribution is -2.09. The zero-order valence-corrected chi connectivity index (χ0v) is 29.6. The Morgan fingerprint density at radius 3 is 1.09 bits per heavy atom. The SMILES string of the molecule is CCCCCCCCCCCCCCCCCC(=O)O.Cc1ccccc1OP(=O)(Oc1ccccc1C)Oc1ccccc1C. The predicted octanol–water partition coefficient (Wildman–Crippen LogP) is 12.6. The average Bonchev–Trinajstić information content (AvgIpc) is 3.03. The van der Waals surface area contributed by atoms with Crippen LogP contribution >= 0.6 is 7.82 Å². The number of hydrogen-bond donors (Lipinski definition) is 1. The molecule has 6 nitrogen and oxygen atoms in total. The second-order valence-corrected chi connectivity index (χ2v) is 13.6. The van der Waals surface area contributed by atoms with Gasteiger partial charge in [-0.3, -0.25) is 4.79 Å². The van der Waals surface area contributed by atoms with Gasteiger partial charge in [0, 0.05) is 6.42 Å². The molecule has 0 aliphatic rings. The Hall–Kier alpha value is -3.24. The number of benzene rings is 3. The summed E-state index contributed by atoms with van der Waals surface area (Å²) < 4.78 is 30.8. The highest BCUT2D eigenvalue weighted by Crippen LogP contribution is 2.51. The van der Waals surface area contributed by atoms with E-state index in [2.05, 4.69) is 6.92 Å². The van der Waals surface area contributed by atoms with Crippen molar-refractivity contribution >= 4 is 13.8 Å². The fourth-order valence-electron chi connectivity index (χ4n) is 5.04. The van der Waals surface area contributed by atoms with E-state index in [0.717, 1.165) is 29.5 Å². The van der Waals surface area contributed by atoms with Crippen LogP contribution in [0.15, 0.2) is 72.8 Å². The van der Waals surface area contributed by atoms with Gasteiger partial charge >= 0.3 is 13.8 Å². The summed E-state index contributed by atoms with van der Waals surface area (Å²) in [5, 5.41) is 8.52. The van der Waals surface area contributed by atoms with Crippen LogP contribution in [0.5, 0.6) is 17.2 Å². The molecule has 3 aromatic rings. The molecule has 1 N–H and O–H groups in total. The largest absolute Gasteiger partial charge is 0.647 e. The molecule has 0 aliphatic carbocycles. The third-order valence-electron chi connectivity index (χ3n) is 7.91. The van der Waals surface area contributed by atoms with E-state index < -0.39 is 13.8 Å². The summed E-state index contributed by atoms with van der Waals surface area (Å²) in [6.07, 6.45) is 20.2. The second-order valence-electron chi connectivity index (χ2n) is 12.1. The predicted molar refractivity (Wildman–Crippen MR) is 190 cm³/mol. The van der Waals surface area contributed by atoms with E-state index >= 15 is 0 Å². The van der Waals surface area contributed by atoms with Crippen LogP contribution in [-0.4, -0.2) is 11.1 Å². The summed E-state index contributed by atoms with van der Waals surface area (Å²) >= 11 is 0. The number of carboxylic acids is 1. The van der Waals surface area contributed by atoms with Crippen LogP contribution in [0.1, 0.15) is 126 Å². The molecule has 0 atom stereocenters. The van der Waals surface area contributed by atoms with Gasteiger partial charge in [0.2, 0.25) is 0 Å². The van der Waals surface area contributed by atoms with Gasteiger partial charge in [-0.1, -0.05) is 151 Å². The normalized spacial score (nSPS) is 11.0. The average molecular weight is 653 g/mol. The van der Waals surface area contributed by atoms with E-state index in [9.17, 15) is 9.36 Å². The lowest BCUT2D eigenvalue weighted by atomic mass is 10.0. The molecule has 0 radical (unpaired) electrons. The number of phosphoric acid groups is 1. The summed E-state index contributed by atoms with van der Waals surface area (Å²) in [6, 6.07) is 22.0. The molecule has 0 bridgehead atoms. The summed E-state index contributed by atoms with van der Waals surface area (Å²) in [4.78, 5) is 10.3. The molecule has 0 saturated carbocycles. The molecule has 3 aromatic carbocycles. The van der Waals surface area contributed by atoms with E-state index in [1.807, 2.05) is 75.4 Å². The minimum atomic E-state index is -3.97. The minimum Gasteiger partial charge on any atom is -0.481 e. The number of phosphoric ester groups is 1. The van der Waals surface area contributed by atoms with Gasteiger partial charge in [-0.05, 0) is 62.1 Å². The van der Waals surface area contributed by atoms with Gasteiger partial charge in [-0.2, -0.15) is 4.57 Å². The zero-order chi connectivity index (χ0) is 33.5. The topological polar surface area (TPSA) is 82.1 Å². The van der Waals surface area contributed by atoms with Crippen LogP contribution in [0.3, 0.4) is 0 Å². The number of carbonyl (C=O) groups is 1. The number of carboxylic acid groups (broad SMARTS) is 1. The van der Waals surface area contributed by atoms with Crippen LogP contribution in [0, 0.1) is 20.8 Å². The van der Waals surface area contributed by atoms with Gasteiger partial charge in [0.1, 0.15) is 17.2 Å². The van der Waals surface area contributed by atoms with E-state index in [-0.39, 0.29) is 0 Å². The molecule has 0 spiro atoms. The van der Waals surface area contributed by atoms with Gasteiger partial charge < -0.3 is 18.7 Å². The van der Waals surface area contributed by atoms with Crippen molar-refractivity contribution in [3.8, 4) is 17.2 Å². The standard InChI is InChI=1S/C21H21O4P.C18H36O2/c1-16-10-4-7-13-19(16)23-26(22,24-20-14-8-5-11-17(20)2)25-21-15-9-6-12-18(21)3;1-2-3-4-5-6-7-8-9-10-11-12-13-14-15-16-17-18(19)20/h4-15H,1-3H3;2-17H2,1H3,(H,19,20). The lowest BCUT2D eigenvalue weighted by molar-refractivity contribution is -0.137. The van der Waals surface area contributed by atoms with Gasteiger partial charge in [0.25, 0.3) is 0 Å². The Morgan fingerprint density at radius 2 is 0.804 bits per heavy atom. The molecular weight excluding hydrogens is 595 g/mol. The first-order valence-corrected chi connectivity index (χ1v) is 18.8. The molecule has 7 heteroatoms. The Labute approximate surface area is 278 Å². The van der Waals surface area contributed by atoms with Crippen LogP contribution in [0.4, 0.5) is 0 Å². The quantitative estimate of drug-likeness (QED) is 0.0859. The number of unbranched alkanes of at least 4 members (excludes halogenated alkanes) is 14. The minimum absolute atomic E-state index is 0.345. The maximum atomic E-state index is 13.5. The number of rotatable bonds is 22. The van der Waals surface area contributed by atoms with Crippen LogP contribution in [0.25, 0.3) is 0 Å². The summed E-state index contributed by atoms with van der Waals surface area (Å²) in [7, 11) is -3.97. The highest BCUT2D eigenvalue weighted by molar-refractivity contribution is 7.49. The van der Waals surface area contributed by atoms with Crippen molar-refractivity contribution < 1.29 is 28.0 Å². The van der Waals surface area contributed by atoms with Gasteiger partial charge in [-0.15, -0.1) is 0 Å². The highest BCUT2D eigenvalue weighted by atomic mass is 31.2. The Bertz CT molecular complexity index is 1180. The summed E-state index contributed by atoms with van der Waals surface area (Å²) in [5.74, 6) is 0.716. The molecule has 0 aliphatic heterocycles. The van der Waals surface area contributed by atoms with E-state index in [0.29, 0.717) is 23.7 Å². The first-order valence-electron chi connectivity index (χ1n) is 17.3. The lowest BCUT2D eigenvalue weighted by Gasteiger charge is -2.21. The molecule has 254 valence electrons. The van der Waals surface area contributed by atoms with Gasteiger partial charge in [0.15, 0.2) is 0 Å². The van der Waals surface area contributed by atoms with Crippen LogP contribution < -0.4 is 13.6 Å². The van der Waals surface area contributed by atoms with Crippen molar-refractivity contribution in [2.45, 2.75) is 130 Å². The molecule has 0 heterocycles. The Morgan fingerprint density at radius 1 is 0.522 bits per heavy atom. The fourth-order valence-corrected chi connectivity index (χ4v) is 6.49. The van der Waals surface area contributed by atoms with Gasteiger partial charge in [-0.25, -0.2) is 0 Å². The highest BCUT2D eigenvalue weighted by Gasteiger charge is 2.34. The summed E-state index contributed by atoms with van der Waals surface area (Å²) in [6.45, 7) is 7.90. The van der Waals surface area contributed by atoms with Gasteiger partial charge in [0.05, 0.1) is 0 Å². The van der Waals surface area contributed by atoms with Crippen molar-refractivity contribution in [2.24, 2.45) is 0 Å². The fraction of sp³-hybridized carbons (Fsp3) is 0.513. The number of hydrogen-bond acceptors (Lipinski definition) is 5. The first-order chi connectivity index (χ1) is 22.2. The van der Waals surface area contributed by atoms with Crippen molar-refractivity contribution in [1.82, 2.24) is 0 Å². The maximum Gasteiger partial charge on any atom is 0.647 e. The molecule has 0 unspecified atom stereocenters. The number of aliphatic carboxylic acids is 1. The molecule has 0 aromatic heterocycles. The Balaban J connectivity index is 0.000000334. The molecule has 46 heavy (non-hydrogen) atoms. The molecule has 0 amide bonds. The van der Waals surface area contributed by atoms with Crippen molar-refractivity contribution in [2.75, 3.05) is 0 Å². The maximum absolute atomic E-state index is 13.5. The molecule has 0 fully saturated rings. The van der Waals surface area contributed by atoms with Crippen molar-refractivity contribution in [3.05, 3.63) is 89.5 Å². The zero-order valence-electron chi connectivity index (χ0n) is 28.7. The third-order valence-corrected chi connectivity index (χ3v) is 9.17. The van der Waals surface area contributed by atoms with Crippen LogP contribution in [-0.2, 0) is 9.36 Å². The smallest absolute Gasteiger partial charge is 0.481 e. The number of aryl methyl sites for hydroxylation is 3. The Kier molecular flexibility index (Phi) is 19.6. The van der Waals surface area contributed by atoms with E-state index in [1.54, 1.807) is 18.2 Å². The summed E-state index contributed by atoms with van der Waals surface area (Å²) in [5.41, 5.74) is 2.53. The van der Waals surface area contributed by atoms with Crippen LogP contribution in [0.2, 0.25) is 0 Å². The molecule has 3 rings (SSSR count). The third kappa shape index (κ3) is 16.9. The van der Waals surface area contributed by atoms with Crippen molar-refractivity contribution in [3.63, 3.8) is 0 Å². The molecule has 0 saturated heterocycles. The number of para-hydroxylation sites is 3. The van der Waals surface area contributed by atoms with E-state index in [1.165, 1.54) is 83.5 Å². The monoisotopic (exact) mass is 652 g/mol. The van der Waals surface area contributed by atoms with Crippen molar-refractivity contribution in [1.29, 1.82) is 0 Å². The van der Waals surface area contributed by atoms with E-state index in [4.69, 9.17) is 18.7 Å². The first kappa shape index (κ1) is 38.9. The molecular formula is C39H57O6P.